The Hall–Kier alpha value is -0.690. The summed E-state index contributed by atoms with van der Waals surface area (Å²) in [4.78, 5) is 3.21. The minimum Gasteiger partial charge on any atom is -0.385 e. The van der Waals surface area contributed by atoms with E-state index in [0.717, 1.165) is 6.20 Å². The second-order valence-corrected chi connectivity index (χ2v) is 4.36. The average Bonchev–Trinajstić information content (AvgIpc) is 2.44. The molecule has 1 aromatic heterocycles. The van der Waals surface area contributed by atoms with Crippen LogP contribution in [0.5, 0.6) is 0 Å². The maximum absolute atomic E-state index is 13.2. The van der Waals surface area contributed by atoms with Crippen molar-refractivity contribution >= 4 is 15.9 Å². The standard InChI is InChI=1S/C9H6BrF4NO/c10-4-2-15-8(9(12,13)14)6-3(4)1-5(11)7(6)16/h2,5,7,16H,1H2/t5-,7-/m1/s1. The zero-order valence-electron chi connectivity index (χ0n) is 7.72. The first-order valence-corrected chi connectivity index (χ1v) is 5.18. The molecule has 1 aliphatic rings. The zero-order chi connectivity index (χ0) is 12.1. The van der Waals surface area contributed by atoms with E-state index in [0.29, 0.717) is 0 Å². The highest BCUT2D eigenvalue weighted by molar-refractivity contribution is 9.10. The smallest absolute Gasteiger partial charge is 0.385 e. The first-order chi connectivity index (χ1) is 7.32. The van der Waals surface area contributed by atoms with Gasteiger partial charge in [0.05, 0.1) is 0 Å². The van der Waals surface area contributed by atoms with E-state index in [1.165, 1.54) is 0 Å². The number of aliphatic hydroxyl groups is 1. The number of pyridine rings is 1. The van der Waals surface area contributed by atoms with Gasteiger partial charge in [0.2, 0.25) is 0 Å². The quantitative estimate of drug-likeness (QED) is 0.747. The Balaban J connectivity index is 2.65. The van der Waals surface area contributed by atoms with E-state index in [2.05, 4.69) is 20.9 Å². The Labute approximate surface area is 96.4 Å². The third-order valence-corrected chi connectivity index (χ3v) is 3.16. The molecule has 16 heavy (non-hydrogen) atoms. The van der Waals surface area contributed by atoms with Crippen LogP contribution in [-0.4, -0.2) is 16.3 Å². The molecule has 1 aliphatic carbocycles. The Bertz CT molecular complexity index is 434. The van der Waals surface area contributed by atoms with Crippen molar-refractivity contribution in [3.8, 4) is 0 Å². The number of hydrogen-bond donors (Lipinski definition) is 1. The van der Waals surface area contributed by atoms with Gasteiger partial charge in [-0.25, -0.2) is 4.39 Å². The molecule has 0 saturated heterocycles. The maximum atomic E-state index is 13.2. The van der Waals surface area contributed by atoms with Gasteiger partial charge in [-0.2, -0.15) is 13.2 Å². The van der Waals surface area contributed by atoms with Crippen LogP contribution in [0.4, 0.5) is 17.6 Å². The topological polar surface area (TPSA) is 33.1 Å². The Morgan fingerprint density at radius 3 is 2.62 bits per heavy atom. The summed E-state index contributed by atoms with van der Waals surface area (Å²) in [5.74, 6) is 0. The van der Waals surface area contributed by atoms with Gasteiger partial charge in [0.1, 0.15) is 12.3 Å². The number of halogens is 5. The van der Waals surface area contributed by atoms with Crippen molar-refractivity contribution in [2.24, 2.45) is 0 Å². The number of aliphatic hydroxyl groups excluding tert-OH is 1. The SMILES string of the molecule is O[C@H]1c2c(C(F)(F)F)ncc(Br)c2C[C@H]1F. The van der Waals surface area contributed by atoms with Crippen LogP contribution in [0.25, 0.3) is 0 Å². The normalized spacial score (nSPS) is 24.6. The van der Waals surface area contributed by atoms with Crippen LogP contribution in [0.2, 0.25) is 0 Å². The van der Waals surface area contributed by atoms with Gasteiger partial charge in [-0.3, -0.25) is 4.98 Å². The summed E-state index contributed by atoms with van der Waals surface area (Å²) in [6.07, 6.45) is -7.40. The van der Waals surface area contributed by atoms with E-state index in [1.54, 1.807) is 0 Å². The lowest BCUT2D eigenvalue weighted by Crippen LogP contribution is -2.15. The summed E-state index contributed by atoms with van der Waals surface area (Å²) in [7, 11) is 0. The molecule has 0 bridgehead atoms. The van der Waals surface area contributed by atoms with E-state index in [1.807, 2.05) is 0 Å². The summed E-state index contributed by atoms with van der Waals surface area (Å²) in [5, 5.41) is 9.38. The lowest BCUT2D eigenvalue weighted by atomic mass is 10.1. The number of rotatable bonds is 0. The highest BCUT2D eigenvalue weighted by atomic mass is 79.9. The third kappa shape index (κ3) is 1.71. The minimum atomic E-state index is -4.68. The van der Waals surface area contributed by atoms with Gasteiger partial charge >= 0.3 is 6.18 Å². The van der Waals surface area contributed by atoms with Crippen molar-refractivity contribution in [1.82, 2.24) is 4.98 Å². The summed E-state index contributed by atoms with van der Waals surface area (Å²) in [6.45, 7) is 0. The molecule has 0 amide bonds. The predicted molar refractivity (Wildman–Crippen MR) is 50.5 cm³/mol. The van der Waals surface area contributed by atoms with E-state index >= 15 is 0 Å². The molecule has 0 radical (unpaired) electrons. The van der Waals surface area contributed by atoms with E-state index < -0.39 is 29.7 Å². The summed E-state index contributed by atoms with van der Waals surface area (Å²) >= 11 is 3.00. The summed E-state index contributed by atoms with van der Waals surface area (Å²) in [5.41, 5.74) is -1.52. The van der Waals surface area contributed by atoms with Gasteiger partial charge in [-0.15, -0.1) is 0 Å². The number of nitrogens with zero attached hydrogens (tertiary/aromatic N) is 1. The lowest BCUT2D eigenvalue weighted by molar-refractivity contribution is -0.143. The van der Waals surface area contributed by atoms with Gasteiger partial charge in [-0.1, -0.05) is 0 Å². The molecule has 1 N–H and O–H groups in total. The maximum Gasteiger partial charge on any atom is 0.433 e. The van der Waals surface area contributed by atoms with Crippen LogP contribution in [0.1, 0.15) is 22.9 Å². The molecule has 1 aromatic rings. The van der Waals surface area contributed by atoms with E-state index in [9.17, 15) is 22.7 Å². The second kappa shape index (κ2) is 3.66. The number of alkyl halides is 4. The van der Waals surface area contributed by atoms with Crippen molar-refractivity contribution in [3.05, 3.63) is 27.5 Å². The van der Waals surface area contributed by atoms with Crippen molar-refractivity contribution in [3.63, 3.8) is 0 Å². The fourth-order valence-corrected chi connectivity index (χ4v) is 2.26. The van der Waals surface area contributed by atoms with Crippen LogP contribution in [0, 0.1) is 0 Å². The van der Waals surface area contributed by atoms with Crippen LogP contribution >= 0.6 is 15.9 Å². The van der Waals surface area contributed by atoms with Crippen LogP contribution in [0.15, 0.2) is 10.7 Å². The van der Waals surface area contributed by atoms with Gasteiger partial charge < -0.3 is 5.11 Å². The van der Waals surface area contributed by atoms with Crippen LogP contribution in [-0.2, 0) is 12.6 Å². The predicted octanol–water partition coefficient (Wildman–Crippen LogP) is 2.79. The Morgan fingerprint density at radius 1 is 1.44 bits per heavy atom. The molecule has 0 saturated carbocycles. The average molecular weight is 300 g/mol. The molecule has 2 nitrogen and oxygen atoms in total. The van der Waals surface area contributed by atoms with Gasteiger partial charge in [0.15, 0.2) is 5.69 Å². The fraction of sp³-hybridized carbons (Fsp3) is 0.444. The van der Waals surface area contributed by atoms with E-state index in [-0.39, 0.29) is 16.5 Å². The molecule has 0 aliphatic heterocycles. The fourth-order valence-electron chi connectivity index (χ4n) is 1.78. The molecule has 7 heteroatoms. The molecule has 2 atom stereocenters. The van der Waals surface area contributed by atoms with Gasteiger partial charge in [-0.05, 0) is 21.5 Å². The van der Waals surface area contributed by atoms with Crippen molar-refractivity contribution in [2.45, 2.75) is 24.9 Å². The first-order valence-electron chi connectivity index (χ1n) is 4.39. The highest BCUT2D eigenvalue weighted by Crippen LogP contribution is 2.43. The van der Waals surface area contributed by atoms with Crippen molar-refractivity contribution in [1.29, 1.82) is 0 Å². The first kappa shape index (κ1) is 11.8. The summed E-state index contributed by atoms with van der Waals surface area (Å²) < 4.78 is 51.2. The molecule has 1 heterocycles. The minimum absolute atomic E-state index is 0.141. The largest absolute Gasteiger partial charge is 0.433 e. The monoisotopic (exact) mass is 299 g/mol. The molecule has 2 rings (SSSR count). The number of hydrogen-bond acceptors (Lipinski definition) is 2. The Morgan fingerprint density at radius 2 is 2.06 bits per heavy atom. The molecule has 88 valence electrons. The second-order valence-electron chi connectivity index (χ2n) is 3.51. The zero-order valence-corrected chi connectivity index (χ0v) is 9.31. The molecular weight excluding hydrogens is 294 g/mol. The Kier molecular flexibility index (Phi) is 2.70. The van der Waals surface area contributed by atoms with Crippen LogP contribution in [0.3, 0.4) is 0 Å². The van der Waals surface area contributed by atoms with E-state index in [4.69, 9.17) is 0 Å². The molecule has 0 spiro atoms. The molecule has 0 fully saturated rings. The van der Waals surface area contributed by atoms with Gasteiger partial charge in [0.25, 0.3) is 0 Å². The lowest BCUT2D eigenvalue weighted by Gasteiger charge is -2.14. The van der Waals surface area contributed by atoms with Crippen molar-refractivity contribution < 1.29 is 22.7 Å². The van der Waals surface area contributed by atoms with Crippen LogP contribution < -0.4 is 0 Å². The summed E-state index contributed by atoms with van der Waals surface area (Å²) in [6, 6.07) is 0. The highest BCUT2D eigenvalue weighted by Gasteiger charge is 2.44. The van der Waals surface area contributed by atoms with Gasteiger partial charge in [0, 0.05) is 22.7 Å². The number of fused-ring (bicyclic) bond motifs is 1. The molecule has 0 aromatic carbocycles. The molecule has 0 unspecified atom stereocenters. The third-order valence-electron chi connectivity index (χ3n) is 2.48. The number of aromatic nitrogens is 1. The molecular formula is C9H6BrF4NO. The van der Waals surface area contributed by atoms with Crippen molar-refractivity contribution in [2.75, 3.05) is 0 Å².